The quantitative estimate of drug-likeness (QED) is 0.515. The van der Waals surface area contributed by atoms with Gasteiger partial charge in [-0.2, -0.15) is 5.10 Å². The third kappa shape index (κ3) is 5.54. The van der Waals surface area contributed by atoms with Gasteiger partial charge in [0.25, 0.3) is 0 Å². The van der Waals surface area contributed by atoms with Crippen molar-refractivity contribution in [1.82, 2.24) is 19.6 Å². The Morgan fingerprint density at radius 2 is 1.82 bits per heavy atom. The average molecular weight is 481 g/mol. The van der Waals surface area contributed by atoms with Gasteiger partial charge < -0.3 is 20.0 Å². The minimum Gasteiger partial charge on any atom is -0.354 e. The number of carbonyl (C=O) groups excluding carboxylic acids is 1. The van der Waals surface area contributed by atoms with E-state index in [1.165, 1.54) is 0 Å². The van der Waals surface area contributed by atoms with E-state index in [0.717, 1.165) is 55.4 Å². The van der Waals surface area contributed by atoms with Crippen molar-refractivity contribution in [3.05, 3.63) is 70.9 Å². The first-order chi connectivity index (χ1) is 16.5. The average Bonchev–Trinajstić information content (AvgIpc) is 3.16. The van der Waals surface area contributed by atoms with E-state index in [9.17, 15) is 4.79 Å². The number of hydrogen-bond acceptors (Lipinski definition) is 4. The number of aryl methyl sites for hydroxylation is 1. The Balaban J connectivity index is 1.67. The summed E-state index contributed by atoms with van der Waals surface area (Å²) in [4.78, 5) is 19.9. The zero-order valence-electron chi connectivity index (χ0n) is 20.2. The highest BCUT2D eigenvalue weighted by atomic mass is 35.5. The van der Waals surface area contributed by atoms with Crippen LogP contribution in [0.2, 0.25) is 5.02 Å². The lowest BCUT2D eigenvalue weighted by atomic mass is 10.2. The molecule has 1 aromatic heterocycles. The molecule has 0 radical (unpaired) electrons. The van der Waals surface area contributed by atoms with Gasteiger partial charge in [0.1, 0.15) is 5.82 Å². The molecule has 1 aliphatic rings. The maximum absolute atomic E-state index is 13.3. The van der Waals surface area contributed by atoms with Gasteiger partial charge in [-0.15, -0.1) is 0 Å². The second-order valence-electron chi connectivity index (χ2n) is 8.79. The summed E-state index contributed by atoms with van der Waals surface area (Å²) in [7, 11) is 2.15. The molecule has 0 bridgehead atoms. The maximum atomic E-state index is 13.3. The molecule has 2 amide bonds. The molecule has 2 aromatic carbocycles. The van der Waals surface area contributed by atoms with Crippen LogP contribution >= 0.6 is 11.6 Å². The van der Waals surface area contributed by atoms with Gasteiger partial charge >= 0.3 is 6.03 Å². The largest absolute Gasteiger partial charge is 0.354 e. The second kappa shape index (κ2) is 10.9. The Morgan fingerprint density at radius 1 is 1.09 bits per heavy atom. The molecular weight excluding hydrogens is 448 g/mol. The van der Waals surface area contributed by atoms with Crippen LogP contribution in [-0.4, -0.2) is 65.4 Å². The van der Waals surface area contributed by atoms with Crippen LogP contribution in [0.3, 0.4) is 0 Å². The van der Waals surface area contributed by atoms with Gasteiger partial charge in [0.15, 0.2) is 0 Å². The number of aromatic nitrogens is 2. The molecule has 4 rings (SSSR count). The van der Waals surface area contributed by atoms with E-state index in [0.29, 0.717) is 23.8 Å². The summed E-state index contributed by atoms with van der Waals surface area (Å²) < 4.78 is 2.04. The van der Waals surface area contributed by atoms with Crippen molar-refractivity contribution in [1.29, 1.82) is 0 Å². The van der Waals surface area contributed by atoms with E-state index < -0.39 is 0 Å². The molecule has 1 N–H and O–H groups in total. The van der Waals surface area contributed by atoms with Crippen LogP contribution in [-0.2, 0) is 6.54 Å². The van der Waals surface area contributed by atoms with E-state index in [1.807, 2.05) is 46.8 Å². The van der Waals surface area contributed by atoms with Crippen molar-refractivity contribution in [2.45, 2.75) is 26.8 Å². The molecule has 3 aromatic rings. The minimum absolute atomic E-state index is 0.139. The number of urea groups is 1. The molecule has 0 saturated carbocycles. The fourth-order valence-corrected chi connectivity index (χ4v) is 4.50. The molecule has 7 nitrogen and oxygen atoms in total. The fraction of sp³-hybridized carbons (Fsp3) is 0.385. The molecule has 1 aliphatic heterocycles. The summed E-state index contributed by atoms with van der Waals surface area (Å²) >= 11 is 6.11. The van der Waals surface area contributed by atoms with Crippen LogP contribution in [0.4, 0.5) is 16.3 Å². The van der Waals surface area contributed by atoms with Gasteiger partial charge in [-0.1, -0.05) is 42.8 Å². The first-order valence-electron chi connectivity index (χ1n) is 11.8. The van der Waals surface area contributed by atoms with Crippen molar-refractivity contribution in [3.8, 4) is 5.69 Å². The summed E-state index contributed by atoms with van der Waals surface area (Å²) in [5, 5.41) is 8.53. The zero-order chi connectivity index (χ0) is 24.1. The van der Waals surface area contributed by atoms with Crippen molar-refractivity contribution < 1.29 is 4.79 Å². The monoisotopic (exact) mass is 480 g/mol. The smallest absolute Gasteiger partial charge is 0.322 e. The molecular formula is C26H33ClN6O. The van der Waals surface area contributed by atoms with Crippen molar-refractivity contribution in [2.24, 2.45) is 0 Å². The van der Waals surface area contributed by atoms with E-state index in [-0.39, 0.29) is 6.03 Å². The van der Waals surface area contributed by atoms with Crippen LogP contribution in [0.25, 0.3) is 5.69 Å². The molecule has 180 valence electrons. The predicted molar refractivity (Wildman–Crippen MR) is 139 cm³/mol. The number of para-hydroxylation sites is 1. The van der Waals surface area contributed by atoms with E-state index in [4.69, 9.17) is 16.7 Å². The van der Waals surface area contributed by atoms with Crippen LogP contribution in [0.15, 0.2) is 54.6 Å². The van der Waals surface area contributed by atoms with Crippen molar-refractivity contribution in [3.63, 3.8) is 0 Å². The number of nitrogens with one attached hydrogen (secondary N) is 1. The lowest BCUT2D eigenvalue weighted by molar-refractivity contribution is 0.209. The molecule has 1 fully saturated rings. The number of hydrogen-bond donors (Lipinski definition) is 1. The number of carbonyl (C=O) groups is 1. The number of likely N-dealkylation sites (N-methyl/N-ethyl adjacent to an activating group) is 1. The van der Waals surface area contributed by atoms with Gasteiger partial charge in [0.05, 0.1) is 17.9 Å². The Kier molecular flexibility index (Phi) is 7.75. The van der Waals surface area contributed by atoms with Crippen LogP contribution in [0.5, 0.6) is 0 Å². The van der Waals surface area contributed by atoms with Gasteiger partial charge in [-0.3, -0.25) is 0 Å². The van der Waals surface area contributed by atoms with Crippen molar-refractivity contribution >= 4 is 29.1 Å². The summed E-state index contributed by atoms with van der Waals surface area (Å²) in [6.45, 7) is 9.08. The molecule has 34 heavy (non-hydrogen) atoms. The predicted octanol–water partition coefficient (Wildman–Crippen LogP) is 5.03. The Labute approximate surface area is 206 Å². The third-order valence-corrected chi connectivity index (χ3v) is 6.40. The number of rotatable bonds is 7. The minimum atomic E-state index is -0.139. The highest BCUT2D eigenvalue weighted by molar-refractivity contribution is 6.30. The first-order valence-corrected chi connectivity index (χ1v) is 12.2. The molecule has 0 unspecified atom stereocenters. The lowest BCUT2D eigenvalue weighted by Gasteiger charge is -2.35. The number of anilines is 2. The SMILES string of the molecule is CCCN(Cc1c(C)nn(-c2ccccc2)c1N1CCN(C)CC1)C(=O)Nc1cccc(Cl)c1. The van der Waals surface area contributed by atoms with Gasteiger partial charge in [-0.05, 0) is 50.7 Å². The van der Waals surface area contributed by atoms with Crippen molar-refractivity contribution in [2.75, 3.05) is 50.0 Å². The lowest BCUT2D eigenvalue weighted by Crippen LogP contribution is -2.45. The molecule has 8 heteroatoms. The van der Waals surface area contributed by atoms with Gasteiger partial charge in [-0.25, -0.2) is 9.48 Å². The van der Waals surface area contributed by atoms with E-state index in [1.54, 1.807) is 12.1 Å². The highest BCUT2D eigenvalue weighted by Gasteiger charge is 2.27. The normalized spacial score (nSPS) is 14.3. The number of amides is 2. The molecule has 1 saturated heterocycles. The van der Waals surface area contributed by atoms with Crippen LogP contribution in [0, 0.1) is 6.92 Å². The number of benzene rings is 2. The van der Waals surface area contributed by atoms with Gasteiger partial charge in [0.2, 0.25) is 0 Å². The number of halogens is 1. The van der Waals surface area contributed by atoms with Crippen LogP contribution in [0.1, 0.15) is 24.6 Å². The standard InChI is InChI=1S/C26H33ClN6O/c1-4-13-32(26(34)28-22-10-8-9-21(27)18-22)19-24-20(2)29-33(23-11-6-5-7-12-23)25(24)31-16-14-30(3)15-17-31/h5-12,18H,4,13-17,19H2,1-3H3,(H,28,34). The summed E-state index contributed by atoms with van der Waals surface area (Å²) in [6, 6.07) is 17.3. The molecule has 0 spiro atoms. The first kappa shape index (κ1) is 24.1. The molecule has 2 heterocycles. The fourth-order valence-electron chi connectivity index (χ4n) is 4.31. The maximum Gasteiger partial charge on any atom is 0.322 e. The highest BCUT2D eigenvalue weighted by Crippen LogP contribution is 2.30. The Morgan fingerprint density at radius 3 is 2.50 bits per heavy atom. The number of piperazine rings is 1. The summed E-state index contributed by atoms with van der Waals surface area (Å²) in [5.41, 5.74) is 3.74. The van der Waals surface area contributed by atoms with Crippen LogP contribution < -0.4 is 10.2 Å². The second-order valence-corrected chi connectivity index (χ2v) is 9.22. The van der Waals surface area contributed by atoms with E-state index in [2.05, 4.69) is 41.2 Å². The van der Waals surface area contributed by atoms with E-state index >= 15 is 0 Å². The number of nitrogens with zero attached hydrogens (tertiary/aromatic N) is 5. The third-order valence-electron chi connectivity index (χ3n) is 6.17. The Hall–Kier alpha value is -3.03. The summed E-state index contributed by atoms with van der Waals surface area (Å²) in [5.74, 6) is 1.08. The van der Waals surface area contributed by atoms with Gasteiger partial charge in [0, 0.05) is 49.0 Å². The molecule has 0 atom stereocenters. The molecule has 0 aliphatic carbocycles. The topological polar surface area (TPSA) is 56.6 Å². The zero-order valence-corrected chi connectivity index (χ0v) is 20.9. The Bertz CT molecular complexity index is 1110. The summed E-state index contributed by atoms with van der Waals surface area (Å²) in [6.07, 6.45) is 0.860.